The average Bonchev–Trinajstić information content (AvgIpc) is 2.79. The number of benzene rings is 2. The van der Waals surface area contributed by atoms with Crippen LogP contribution in [0, 0.1) is 5.41 Å². The Bertz CT molecular complexity index is 1240. The molecular formula is C26H27O6P. The van der Waals surface area contributed by atoms with E-state index in [1.807, 2.05) is 37.3 Å². The maximum atomic E-state index is 13.6. The third-order valence-corrected chi connectivity index (χ3v) is 7.47. The summed E-state index contributed by atoms with van der Waals surface area (Å²) in [6.45, 7) is 6.83. The van der Waals surface area contributed by atoms with Crippen LogP contribution in [0.4, 0.5) is 0 Å². The fourth-order valence-corrected chi connectivity index (χ4v) is 5.55. The number of ether oxygens (including phenoxy) is 1. The number of allylic oxidation sites excluding steroid dienone is 4. The van der Waals surface area contributed by atoms with Gasteiger partial charge in [0, 0.05) is 23.2 Å². The van der Waals surface area contributed by atoms with Gasteiger partial charge in [-0.2, -0.15) is 0 Å². The van der Waals surface area contributed by atoms with Crippen LogP contribution in [0.5, 0.6) is 5.75 Å². The molecule has 7 heteroatoms. The van der Waals surface area contributed by atoms with Crippen LogP contribution in [-0.2, 0) is 30.4 Å². The molecule has 172 valence electrons. The molecule has 0 fully saturated rings. The van der Waals surface area contributed by atoms with E-state index in [1.54, 1.807) is 45.2 Å². The lowest BCUT2D eigenvalue weighted by molar-refractivity contribution is -0.121. The van der Waals surface area contributed by atoms with Crippen LogP contribution in [0.3, 0.4) is 0 Å². The van der Waals surface area contributed by atoms with E-state index in [1.165, 1.54) is 12.7 Å². The van der Waals surface area contributed by atoms with Crippen LogP contribution in [0.25, 0.3) is 0 Å². The maximum absolute atomic E-state index is 13.6. The van der Waals surface area contributed by atoms with Crippen LogP contribution < -0.4 is 4.74 Å². The van der Waals surface area contributed by atoms with Crippen molar-refractivity contribution in [1.82, 2.24) is 0 Å². The number of methoxy groups -OCH3 is 1. The number of rotatable bonds is 6. The van der Waals surface area contributed by atoms with E-state index in [-0.39, 0.29) is 18.1 Å². The first-order valence-electron chi connectivity index (χ1n) is 10.7. The monoisotopic (exact) mass is 466 g/mol. The van der Waals surface area contributed by atoms with E-state index >= 15 is 0 Å². The normalized spacial score (nSPS) is 22.9. The molecule has 2 aromatic rings. The Labute approximate surface area is 193 Å². The SMILES string of the molecule is COc1ccc2c(c1)[C@@]1(C)C=CC(=O)C(C)(C)C1=C(OP(C)(=O)OCc1ccccc1)C2=O. The van der Waals surface area contributed by atoms with Crippen LogP contribution in [0.1, 0.15) is 42.3 Å². The lowest BCUT2D eigenvalue weighted by atomic mass is 9.57. The van der Waals surface area contributed by atoms with Crippen molar-refractivity contribution in [3.63, 3.8) is 0 Å². The van der Waals surface area contributed by atoms with Crippen LogP contribution in [0.15, 0.2) is 72.0 Å². The van der Waals surface area contributed by atoms with Crippen molar-refractivity contribution >= 4 is 19.2 Å². The van der Waals surface area contributed by atoms with E-state index in [0.717, 1.165) is 5.56 Å². The first kappa shape index (κ1) is 23.2. The van der Waals surface area contributed by atoms with E-state index in [2.05, 4.69) is 0 Å². The minimum atomic E-state index is -3.70. The number of Topliss-reactive ketones (excluding diaryl/α,β-unsaturated/α-hetero) is 1. The van der Waals surface area contributed by atoms with Gasteiger partial charge in [-0.15, -0.1) is 0 Å². The molecule has 0 aliphatic heterocycles. The van der Waals surface area contributed by atoms with E-state index in [0.29, 0.717) is 22.4 Å². The van der Waals surface area contributed by atoms with Crippen molar-refractivity contribution in [2.45, 2.75) is 32.8 Å². The maximum Gasteiger partial charge on any atom is 0.376 e. The molecule has 4 rings (SSSR count). The van der Waals surface area contributed by atoms with E-state index in [9.17, 15) is 14.2 Å². The highest BCUT2D eigenvalue weighted by Crippen LogP contribution is 2.57. The van der Waals surface area contributed by atoms with Gasteiger partial charge in [-0.1, -0.05) is 36.4 Å². The van der Waals surface area contributed by atoms with Gasteiger partial charge < -0.3 is 9.26 Å². The summed E-state index contributed by atoms with van der Waals surface area (Å²) in [5, 5.41) is 0. The second kappa shape index (κ2) is 8.12. The molecule has 2 aliphatic rings. The van der Waals surface area contributed by atoms with E-state index in [4.69, 9.17) is 13.8 Å². The highest BCUT2D eigenvalue weighted by molar-refractivity contribution is 7.53. The molecule has 1 unspecified atom stereocenters. The van der Waals surface area contributed by atoms with Crippen molar-refractivity contribution in [3.8, 4) is 5.75 Å². The van der Waals surface area contributed by atoms with Crippen molar-refractivity contribution < 1.29 is 27.9 Å². The molecule has 0 spiro atoms. The second-order valence-electron chi connectivity index (χ2n) is 9.09. The van der Waals surface area contributed by atoms with Gasteiger partial charge in [0.1, 0.15) is 5.75 Å². The lowest BCUT2D eigenvalue weighted by Crippen LogP contribution is -2.45. The van der Waals surface area contributed by atoms with Gasteiger partial charge in [-0.25, -0.2) is 4.57 Å². The number of ketones is 2. The van der Waals surface area contributed by atoms with Crippen molar-refractivity contribution in [2.24, 2.45) is 5.41 Å². The highest BCUT2D eigenvalue weighted by Gasteiger charge is 2.53. The second-order valence-corrected chi connectivity index (χ2v) is 11.1. The summed E-state index contributed by atoms with van der Waals surface area (Å²) < 4.78 is 30.2. The molecule has 33 heavy (non-hydrogen) atoms. The minimum Gasteiger partial charge on any atom is -0.497 e. The Morgan fingerprint density at radius 2 is 1.70 bits per heavy atom. The smallest absolute Gasteiger partial charge is 0.376 e. The number of hydrogen-bond donors (Lipinski definition) is 0. The molecule has 0 amide bonds. The molecule has 0 saturated carbocycles. The first-order chi connectivity index (χ1) is 15.5. The molecule has 2 atom stereocenters. The first-order valence-corrected chi connectivity index (χ1v) is 12.7. The van der Waals surface area contributed by atoms with Gasteiger partial charge >= 0.3 is 7.60 Å². The molecule has 0 radical (unpaired) electrons. The van der Waals surface area contributed by atoms with Gasteiger partial charge in [0.05, 0.1) is 19.1 Å². The molecule has 0 heterocycles. The molecular weight excluding hydrogens is 439 g/mol. The predicted molar refractivity (Wildman–Crippen MR) is 125 cm³/mol. The number of hydrogen-bond acceptors (Lipinski definition) is 6. The summed E-state index contributed by atoms with van der Waals surface area (Å²) in [6, 6.07) is 14.5. The molecule has 6 nitrogen and oxygen atoms in total. The van der Waals surface area contributed by atoms with Gasteiger partial charge in [-0.3, -0.25) is 14.1 Å². The Hall–Kier alpha value is -2.95. The van der Waals surface area contributed by atoms with Crippen LogP contribution >= 0.6 is 7.60 Å². The lowest BCUT2D eigenvalue weighted by Gasteiger charge is -2.45. The summed E-state index contributed by atoms with van der Waals surface area (Å²) in [6.07, 6.45) is 3.31. The van der Waals surface area contributed by atoms with Gasteiger partial charge in [-0.05, 0) is 56.2 Å². The van der Waals surface area contributed by atoms with Crippen molar-refractivity contribution in [3.05, 3.63) is 88.7 Å². The van der Waals surface area contributed by atoms with E-state index < -0.39 is 24.2 Å². The van der Waals surface area contributed by atoms with Gasteiger partial charge in [0.25, 0.3) is 0 Å². The molecule has 2 aromatic carbocycles. The third kappa shape index (κ3) is 3.98. The number of carbonyl (C=O) groups excluding carboxylic acids is 2. The minimum absolute atomic E-state index is 0.0682. The average molecular weight is 466 g/mol. The molecule has 0 bridgehead atoms. The highest BCUT2D eigenvalue weighted by atomic mass is 31.2. The predicted octanol–water partition coefficient (Wildman–Crippen LogP) is 5.62. The van der Waals surface area contributed by atoms with Crippen molar-refractivity contribution in [2.75, 3.05) is 13.8 Å². The Morgan fingerprint density at radius 3 is 2.36 bits per heavy atom. The third-order valence-electron chi connectivity index (χ3n) is 6.36. The molecule has 0 aromatic heterocycles. The number of fused-ring (bicyclic) bond motifs is 3. The summed E-state index contributed by atoms with van der Waals surface area (Å²) in [5.41, 5.74) is 0.545. The van der Waals surface area contributed by atoms with Crippen molar-refractivity contribution in [1.29, 1.82) is 0 Å². The zero-order valence-corrected chi connectivity index (χ0v) is 20.3. The van der Waals surface area contributed by atoms with Gasteiger partial charge in [0.15, 0.2) is 11.5 Å². The standard InChI is InChI=1S/C26H27O6P/c1-25(2)21(27)13-14-26(3)20-15-18(30-4)11-12-19(20)22(28)23(24(25)26)32-33(5,29)31-16-17-9-7-6-8-10-17/h6-15H,16H2,1-5H3/t26-,33?/m1/s1. The van der Waals surface area contributed by atoms with Gasteiger partial charge in [0.2, 0.25) is 5.78 Å². The quantitative estimate of drug-likeness (QED) is 0.514. The molecule has 0 N–H and O–H groups in total. The fraction of sp³-hybridized carbons (Fsp3) is 0.308. The Morgan fingerprint density at radius 1 is 1.00 bits per heavy atom. The molecule has 0 saturated heterocycles. The zero-order chi connectivity index (χ0) is 24.0. The Kier molecular flexibility index (Phi) is 5.71. The molecule has 2 aliphatic carbocycles. The number of carbonyl (C=O) groups is 2. The van der Waals surface area contributed by atoms with Crippen LogP contribution in [0.2, 0.25) is 0 Å². The topological polar surface area (TPSA) is 78.9 Å². The van der Waals surface area contributed by atoms with Crippen LogP contribution in [-0.4, -0.2) is 25.3 Å². The Balaban J connectivity index is 1.82. The largest absolute Gasteiger partial charge is 0.497 e. The summed E-state index contributed by atoms with van der Waals surface area (Å²) in [5.74, 6) is -0.0771. The summed E-state index contributed by atoms with van der Waals surface area (Å²) in [4.78, 5) is 26.5. The summed E-state index contributed by atoms with van der Waals surface area (Å²) >= 11 is 0. The fourth-order valence-electron chi connectivity index (χ4n) is 4.61. The zero-order valence-electron chi connectivity index (χ0n) is 19.4. The summed E-state index contributed by atoms with van der Waals surface area (Å²) in [7, 11) is -2.14.